The molecule has 3 aliphatic heterocycles. The molecule has 0 aromatic heterocycles. The maximum atomic E-state index is 14.8. The first-order chi connectivity index (χ1) is 20.8. The van der Waals surface area contributed by atoms with E-state index in [1.54, 1.807) is 24.0 Å². The number of carbonyl (C=O) groups excluding carboxylic acids is 1. The monoisotopic (exact) mass is 598 g/mol. The van der Waals surface area contributed by atoms with Gasteiger partial charge in [-0.1, -0.05) is 38.8 Å². The Morgan fingerprint density at radius 2 is 1.77 bits per heavy atom. The van der Waals surface area contributed by atoms with E-state index >= 15 is 0 Å². The van der Waals surface area contributed by atoms with Crippen molar-refractivity contribution in [3.05, 3.63) is 53.3 Å². The lowest BCUT2D eigenvalue weighted by atomic mass is 9.83. The molecule has 0 unspecified atom stereocenters. The fourth-order valence-electron chi connectivity index (χ4n) is 6.93. The second-order valence-electron chi connectivity index (χ2n) is 11.7. The van der Waals surface area contributed by atoms with Crippen LogP contribution in [0.25, 0.3) is 0 Å². The van der Waals surface area contributed by atoms with Crippen LogP contribution in [-0.4, -0.2) is 73.4 Å². The molecule has 1 amide bonds. The maximum absolute atomic E-state index is 14.8. The first kappa shape index (κ1) is 31.2. The summed E-state index contributed by atoms with van der Waals surface area (Å²) in [5.41, 5.74) is 1.84. The normalized spacial score (nSPS) is 22.0. The van der Waals surface area contributed by atoms with Crippen LogP contribution in [0.5, 0.6) is 11.5 Å². The largest absolute Gasteiger partial charge is 0.481 e. The molecule has 2 saturated heterocycles. The Morgan fingerprint density at radius 3 is 2.47 bits per heavy atom. The van der Waals surface area contributed by atoms with Crippen LogP contribution < -0.4 is 14.4 Å². The van der Waals surface area contributed by atoms with Crippen molar-refractivity contribution in [3.63, 3.8) is 0 Å². The molecule has 0 radical (unpaired) electrons. The molecule has 0 saturated carbocycles. The third-order valence-electron chi connectivity index (χ3n) is 8.96. The molecular formula is C33H43FN2O7. The fourth-order valence-corrected chi connectivity index (χ4v) is 6.93. The highest BCUT2D eigenvalue weighted by Crippen LogP contribution is 2.43. The van der Waals surface area contributed by atoms with E-state index in [2.05, 4.69) is 13.8 Å². The minimum Gasteiger partial charge on any atom is -0.481 e. The molecule has 10 heteroatoms. The SMILES string of the molecule is CCCC(CCC)N(C(=O)CN1C[C@H](c2ccc3c(c2)OCO3)[C@@H](C(=O)O)[C@@H]1CCC1OCCO1)c1cccc(F)c1C. The number of hydrogen-bond acceptors (Lipinski definition) is 7. The average molecular weight is 599 g/mol. The summed E-state index contributed by atoms with van der Waals surface area (Å²) in [6.45, 7) is 7.42. The smallest absolute Gasteiger partial charge is 0.308 e. The van der Waals surface area contributed by atoms with Crippen molar-refractivity contribution >= 4 is 17.6 Å². The molecule has 3 heterocycles. The molecule has 3 atom stereocenters. The molecule has 2 aromatic rings. The number of benzene rings is 2. The van der Waals surface area contributed by atoms with Crippen LogP contribution in [-0.2, 0) is 19.1 Å². The lowest BCUT2D eigenvalue weighted by molar-refractivity contribution is -0.143. The number of amides is 1. The van der Waals surface area contributed by atoms with Crippen molar-refractivity contribution in [1.29, 1.82) is 0 Å². The summed E-state index contributed by atoms with van der Waals surface area (Å²) in [6.07, 6.45) is 3.95. The second kappa shape index (κ2) is 14.1. The van der Waals surface area contributed by atoms with Gasteiger partial charge < -0.3 is 29.0 Å². The Kier molecular flexibility index (Phi) is 10.2. The number of halogens is 1. The Bertz CT molecular complexity index is 1280. The van der Waals surface area contributed by atoms with Gasteiger partial charge in [-0.25, -0.2) is 4.39 Å². The highest BCUT2D eigenvalue weighted by molar-refractivity contribution is 5.96. The maximum Gasteiger partial charge on any atom is 0.308 e. The van der Waals surface area contributed by atoms with E-state index in [4.69, 9.17) is 18.9 Å². The van der Waals surface area contributed by atoms with Crippen LogP contribution in [0.1, 0.15) is 69.4 Å². The summed E-state index contributed by atoms with van der Waals surface area (Å²) in [5, 5.41) is 10.6. The number of rotatable bonds is 13. The zero-order valence-electron chi connectivity index (χ0n) is 25.3. The number of carboxylic acids is 1. The lowest BCUT2D eigenvalue weighted by Crippen LogP contribution is -2.48. The zero-order chi connectivity index (χ0) is 30.5. The summed E-state index contributed by atoms with van der Waals surface area (Å²) < 4.78 is 37.2. The Labute approximate surface area is 252 Å². The Balaban J connectivity index is 1.47. The second-order valence-corrected chi connectivity index (χ2v) is 11.7. The Hall–Kier alpha value is -3.21. The van der Waals surface area contributed by atoms with Gasteiger partial charge in [-0.05, 0) is 62.4 Å². The number of likely N-dealkylation sites (tertiary alicyclic amines) is 1. The van der Waals surface area contributed by atoms with Crippen molar-refractivity contribution in [2.24, 2.45) is 5.92 Å². The highest BCUT2D eigenvalue weighted by Gasteiger charge is 2.48. The minimum atomic E-state index is -0.913. The van der Waals surface area contributed by atoms with Gasteiger partial charge in [0.2, 0.25) is 12.7 Å². The zero-order valence-corrected chi connectivity index (χ0v) is 25.3. The molecule has 0 bridgehead atoms. The van der Waals surface area contributed by atoms with Gasteiger partial charge in [-0.2, -0.15) is 0 Å². The van der Waals surface area contributed by atoms with E-state index in [0.717, 1.165) is 31.2 Å². The van der Waals surface area contributed by atoms with Gasteiger partial charge in [0.25, 0.3) is 0 Å². The molecule has 9 nitrogen and oxygen atoms in total. The molecule has 2 aromatic carbocycles. The summed E-state index contributed by atoms with van der Waals surface area (Å²) in [6, 6.07) is 9.89. The van der Waals surface area contributed by atoms with Gasteiger partial charge >= 0.3 is 5.97 Å². The first-order valence-corrected chi connectivity index (χ1v) is 15.5. The Morgan fingerprint density at radius 1 is 1.05 bits per heavy atom. The quantitative estimate of drug-likeness (QED) is 0.324. The van der Waals surface area contributed by atoms with Gasteiger partial charge in [0.1, 0.15) is 5.82 Å². The van der Waals surface area contributed by atoms with Gasteiger partial charge in [0.05, 0.1) is 25.7 Å². The number of carbonyl (C=O) groups is 2. The van der Waals surface area contributed by atoms with E-state index in [1.165, 1.54) is 6.07 Å². The van der Waals surface area contributed by atoms with E-state index in [0.29, 0.717) is 55.4 Å². The van der Waals surface area contributed by atoms with E-state index in [1.807, 2.05) is 23.1 Å². The molecule has 3 aliphatic rings. The van der Waals surface area contributed by atoms with Crippen molar-refractivity contribution < 1.29 is 38.0 Å². The van der Waals surface area contributed by atoms with Crippen LogP contribution in [0.15, 0.2) is 36.4 Å². The topological polar surface area (TPSA) is 97.8 Å². The number of fused-ring (bicyclic) bond motifs is 1. The van der Waals surface area contributed by atoms with Crippen molar-refractivity contribution in [3.8, 4) is 11.5 Å². The van der Waals surface area contributed by atoms with Gasteiger partial charge in [-0.15, -0.1) is 0 Å². The predicted octanol–water partition coefficient (Wildman–Crippen LogP) is 5.49. The third kappa shape index (κ3) is 6.81. The lowest BCUT2D eigenvalue weighted by Gasteiger charge is -2.35. The molecule has 2 fully saturated rings. The van der Waals surface area contributed by atoms with Crippen LogP contribution >= 0.6 is 0 Å². The van der Waals surface area contributed by atoms with E-state index < -0.39 is 17.9 Å². The van der Waals surface area contributed by atoms with Gasteiger partial charge in [-0.3, -0.25) is 14.5 Å². The van der Waals surface area contributed by atoms with Gasteiger partial charge in [0, 0.05) is 35.8 Å². The molecule has 0 aliphatic carbocycles. The van der Waals surface area contributed by atoms with E-state index in [9.17, 15) is 19.1 Å². The molecule has 0 spiro atoms. The van der Waals surface area contributed by atoms with Gasteiger partial charge in [0.15, 0.2) is 17.8 Å². The fraction of sp³-hybridized carbons (Fsp3) is 0.576. The molecular weight excluding hydrogens is 555 g/mol. The standard InChI is InChI=1S/C33H43FN2O7/c1-4-7-23(8-5-2)36(26-10-6-9-25(34)21(26)3)30(37)19-35-18-24(22-11-13-28-29(17-22)43-20-42-28)32(33(38)39)27(35)12-14-31-40-15-16-41-31/h6,9-11,13,17,23-24,27,31-32H,4-5,7-8,12,14-16,18-20H2,1-3H3,(H,38,39)/t24-,27+,32-/m1/s1. The number of aliphatic carboxylic acids is 1. The number of carboxylic acid groups (broad SMARTS) is 1. The predicted molar refractivity (Wildman–Crippen MR) is 159 cm³/mol. The van der Waals surface area contributed by atoms with Crippen LogP contribution in [0.2, 0.25) is 0 Å². The average Bonchev–Trinajstić information content (AvgIpc) is 3.74. The summed E-state index contributed by atoms with van der Waals surface area (Å²) in [5.74, 6) is -1.34. The number of nitrogens with zero attached hydrogens (tertiary/aromatic N) is 2. The van der Waals surface area contributed by atoms with Crippen LogP contribution in [0.4, 0.5) is 10.1 Å². The van der Waals surface area contributed by atoms with Crippen molar-refractivity contribution in [1.82, 2.24) is 4.90 Å². The molecule has 43 heavy (non-hydrogen) atoms. The molecule has 234 valence electrons. The molecule has 5 rings (SSSR count). The van der Waals surface area contributed by atoms with E-state index in [-0.39, 0.29) is 43.3 Å². The first-order valence-electron chi connectivity index (χ1n) is 15.5. The molecule has 1 N–H and O–H groups in total. The third-order valence-corrected chi connectivity index (χ3v) is 8.96. The van der Waals surface area contributed by atoms with Crippen molar-refractivity contribution in [2.75, 3.05) is 38.0 Å². The number of ether oxygens (including phenoxy) is 4. The van der Waals surface area contributed by atoms with Crippen molar-refractivity contribution in [2.45, 2.75) is 83.6 Å². The number of anilines is 1. The van der Waals surface area contributed by atoms with Crippen LogP contribution in [0.3, 0.4) is 0 Å². The summed E-state index contributed by atoms with van der Waals surface area (Å²) in [7, 11) is 0. The number of hydrogen-bond donors (Lipinski definition) is 1. The summed E-state index contributed by atoms with van der Waals surface area (Å²) in [4.78, 5) is 31.0. The minimum absolute atomic E-state index is 0.0156. The summed E-state index contributed by atoms with van der Waals surface area (Å²) >= 11 is 0. The highest BCUT2D eigenvalue weighted by atomic mass is 19.1. The van der Waals surface area contributed by atoms with Crippen LogP contribution in [0, 0.1) is 18.7 Å².